The van der Waals surface area contributed by atoms with Crippen molar-refractivity contribution >= 4 is 33.3 Å². The van der Waals surface area contributed by atoms with Gasteiger partial charge < -0.3 is 4.90 Å². The van der Waals surface area contributed by atoms with Crippen LogP contribution in [0.25, 0.3) is 5.57 Å². The van der Waals surface area contributed by atoms with Gasteiger partial charge in [0.2, 0.25) is 0 Å². The van der Waals surface area contributed by atoms with Gasteiger partial charge in [-0.2, -0.15) is 0 Å². The molecule has 2 aromatic rings. The van der Waals surface area contributed by atoms with Crippen LogP contribution in [0.4, 0.5) is 0 Å². The third-order valence-electron chi connectivity index (χ3n) is 3.85. The molecular weight excluding hydrogens is 354 g/mol. The molecular formula is C19H20BrNS. The second kappa shape index (κ2) is 7.03. The summed E-state index contributed by atoms with van der Waals surface area (Å²) in [5, 5.41) is 0. The number of rotatable bonds is 3. The van der Waals surface area contributed by atoms with Crippen molar-refractivity contribution in [3.05, 3.63) is 69.7 Å². The Morgan fingerprint density at radius 1 is 1.14 bits per heavy atom. The summed E-state index contributed by atoms with van der Waals surface area (Å²) in [5.41, 5.74) is 5.53. The summed E-state index contributed by atoms with van der Waals surface area (Å²) in [6.07, 6.45) is 3.46. The molecule has 1 nitrogen and oxygen atoms in total. The zero-order valence-electron chi connectivity index (χ0n) is 13.0. The smallest absolute Gasteiger partial charge is 0.0238 e. The normalized spacial score (nSPS) is 15.5. The Kier molecular flexibility index (Phi) is 5.07. The Bertz CT molecular complexity index is 706. The van der Waals surface area contributed by atoms with E-state index >= 15 is 0 Å². The van der Waals surface area contributed by atoms with E-state index in [1.165, 1.54) is 27.2 Å². The van der Waals surface area contributed by atoms with E-state index in [0.29, 0.717) is 0 Å². The van der Waals surface area contributed by atoms with E-state index in [4.69, 9.17) is 0 Å². The first-order chi connectivity index (χ1) is 10.6. The van der Waals surface area contributed by atoms with Crippen LogP contribution in [0.15, 0.2) is 57.9 Å². The van der Waals surface area contributed by atoms with Crippen LogP contribution in [-0.2, 0) is 5.75 Å². The lowest BCUT2D eigenvalue weighted by Gasteiger charge is -2.13. The molecule has 0 spiro atoms. The first-order valence-corrected chi connectivity index (χ1v) is 9.29. The molecule has 0 N–H and O–H groups in total. The van der Waals surface area contributed by atoms with Crippen LogP contribution in [-0.4, -0.2) is 25.5 Å². The van der Waals surface area contributed by atoms with Crippen LogP contribution in [0.3, 0.4) is 0 Å². The van der Waals surface area contributed by atoms with Crippen molar-refractivity contribution < 1.29 is 0 Å². The maximum atomic E-state index is 3.63. The quantitative estimate of drug-likeness (QED) is 0.704. The second-order valence-electron chi connectivity index (χ2n) is 5.80. The topological polar surface area (TPSA) is 3.24 Å². The summed E-state index contributed by atoms with van der Waals surface area (Å²) in [6, 6.07) is 15.4. The summed E-state index contributed by atoms with van der Waals surface area (Å²) >= 11 is 5.56. The summed E-state index contributed by atoms with van der Waals surface area (Å²) in [6.45, 7) is 1.07. The fraction of sp³-hybridized carbons (Fsp3) is 0.263. The minimum Gasteiger partial charge on any atom is -0.309 e. The van der Waals surface area contributed by atoms with E-state index in [0.717, 1.165) is 23.2 Å². The van der Waals surface area contributed by atoms with Gasteiger partial charge in [0.1, 0.15) is 0 Å². The number of benzene rings is 2. The zero-order valence-corrected chi connectivity index (χ0v) is 15.4. The van der Waals surface area contributed by atoms with Crippen molar-refractivity contribution in [1.29, 1.82) is 0 Å². The van der Waals surface area contributed by atoms with Crippen molar-refractivity contribution in [3.8, 4) is 0 Å². The molecule has 0 aromatic heterocycles. The minimum atomic E-state index is 1.04. The van der Waals surface area contributed by atoms with Crippen LogP contribution >= 0.6 is 27.7 Å². The predicted molar refractivity (Wildman–Crippen MR) is 100 cm³/mol. The van der Waals surface area contributed by atoms with Crippen molar-refractivity contribution in [2.24, 2.45) is 0 Å². The molecule has 0 saturated heterocycles. The summed E-state index contributed by atoms with van der Waals surface area (Å²) < 4.78 is 1.14. The van der Waals surface area contributed by atoms with Crippen LogP contribution in [0.1, 0.15) is 23.1 Å². The summed E-state index contributed by atoms with van der Waals surface area (Å²) in [5.74, 6) is 1.04. The van der Waals surface area contributed by atoms with Crippen molar-refractivity contribution in [2.45, 2.75) is 17.1 Å². The molecule has 3 rings (SSSR count). The molecule has 0 unspecified atom stereocenters. The molecule has 1 heterocycles. The molecule has 0 bridgehead atoms. The maximum Gasteiger partial charge on any atom is 0.0238 e. The molecule has 1 aliphatic rings. The molecule has 3 heteroatoms. The molecule has 1 aliphatic heterocycles. The molecule has 114 valence electrons. The number of fused-ring (bicyclic) bond motifs is 2. The Morgan fingerprint density at radius 3 is 2.77 bits per heavy atom. The van der Waals surface area contributed by atoms with E-state index in [9.17, 15) is 0 Å². The highest BCUT2D eigenvalue weighted by molar-refractivity contribution is 9.10. The Balaban J connectivity index is 2.10. The van der Waals surface area contributed by atoms with E-state index in [2.05, 4.69) is 83.5 Å². The van der Waals surface area contributed by atoms with Gasteiger partial charge in [-0.3, -0.25) is 0 Å². The Morgan fingerprint density at radius 2 is 1.95 bits per heavy atom. The second-order valence-corrected chi connectivity index (χ2v) is 7.73. The summed E-state index contributed by atoms with van der Waals surface area (Å²) in [7, 11) is 4.25. The van der Waals surface area contributed by atoms with Gasteiger partial charge in [0.15, 0.2) is 0 Å². The van der Waals surface area contributed by atoms with Gasteiger partial charge in [0.05, 0.1) is 0 Å². The number of hydrogen-bond acceptors (Lipinski definition) is 2. The van der Waals surface area contributed by atoms with Gasteiger partial charge in [-0.15, -0.1) is 11.8 Å². The van der Waals surface area contributed by atoms with E-state index in [-0.39, 0.29) is 0 Å². The number of thioether (sulfide) groups is 1. The lowest BCUT2D eigenvalue weighted by atomic mass is 9.93. The highest BCUT2D eigenvalue weighted by atomic mass is 79.9. The number of nitrogens with zero attached hydrogens (tertiary/aromatic N) is 1. The monoisotopic (exact) mass is 373 g/mol. The lowest BCUT2D eigenvalue weighted by molar-refractivity contribution is 0.417. The molecule has 0 aliphatic carbocycles. The van der Waals surface area contributed by atoms with Gasteiger partial charge >= 0.3 is 0 Å². The van der Waals surface area contributed by atoms with Crippen LogP contribution in [0.5, 0.6) is 0 Å². The van der Waals surface area contributed by atoms with Crippen molar-refractivity contribution in [1.82, 2.24) is 4.90 Å². The van der Waals surface area contributed by atoms with Gasteiger partial charge in [0.25, 0.3) is 0 Å². The van der Waals surface area contributed by atoms with Crippen molar-refractivity contribution in [3.63, 3.8) is 0 Å². The minimum absolute atomic E-state index is 1.04. The number of halogens is 1. The lowest BCUT2D eigenvalue weighted by Crippen LogP contribution is -2.12. The predicted octanol–water partition coefficient (Wildman–Crippen LogP) is 5.44. The van der Waals surface area contributed by atoms with E-state index < -0.39 is 0 Å². The molecule has 0 fully saturated rings. The van der Waals surface area contributed by atoms with Gasteiger partial charge in [-0.1, -0.05) is 46.3 Å². The average Bonchev–Trinajstić information content (AvgIpc) is 2.65. The molecule has 0 amide bonds. The van der Waals surface area contributed by atoms with E-state index in [1.807, 2.05) is 11.8 Å². The van der Waals surface area contributed by atoms with Crippen molar-refractivity contribution in [2.75, 3.05) is 20.6 Å². The molecule has 0 saturated carbocycles. The van der Waals surface area contributed by atoms with Crippen LogP contribution in [0, 0.1) is 0 Å². The Labute approximate surface area is 145 Å². The average molecular weight is 374 g/mol. The molecule has 2 aromatic carbocycles. The van der Waals surface area contributed by atoms with E-state index in [1.54, 1.807) is 0 Å². The molecule has 0 radical (unpaired) electrons. The first kappa shape index (κ1) is 15.9. The largest absolute Gasteiger partial charge is 0.309 e. The van der Waals surface area contributed by atoms with Gasteiger partial charge in [-0.25, -0.2) is 0 Å². The number of hydrogen-bond donors (Lipinski definition) is 0. The fourth-order valence-corrected chi connectivity index (χ4v) is 4.15. The van der Waals surface area contributed by atoms with Crippen LogP contribution in [0.2, 0.25) is 0 Å². The first-order valence-electron chi connectivity index (χ1n) is 7.51. The fourth-order valence-electron chi connectivity index (χ4n) is 2.74. The van der Waals surface area contributed by atoms with Crippen LogP contribution < -0.4 is 0 Å². The van der Waals surface area contributed by atoms with Gasteiger partial charge in [0, 0.05) is 21.7 Å². The zero-order chi connectivity index (χ0) is 15.5. The summed E-state index contributed by atoms with van der Waals surface area (Å²) in [4.78, 5) is 3.60. The van der Waals surface area contributed by atoms with Gasteiger partial charge in [-0.05, 0) is 61.0 Å². The highest BCUT2D eigenvalue weighted by Gasteiger charge is 2.18. The SMILES string of the molecule is CN(C)CC/C=C1/c2ccccc2CSc2ccc(Br)cc21. The Hall–Kier alpha value is -1.03. The third kappa shape index (κ3) is 3.48. The molecule has 0 atom stereocenters. The third-order valence-corrected chi connectivity index (χ3v) is 5.46. The standard InChI is InChI=1S/C19H20BrNS/c1-21(2)11-5-8-17-16-7-4-3-6-14(16)13-22-19-10-9-15(20)12-18(17)19/h3-4,6-10,12H,5,11,13H2,1-2H3/b17-8-. The highest BCUT2D eigenvalue weighted by Crippen LogP contribution is 2.41. The molecule has 22 heavy (non-hydrogen) atoms. The maximum absolute atomic E-state index is 3.63.